The summed E-state index contributed by atoms with van der Waals surface area (Å²) in [6.45, 7) is 13.4. The maximum absolute atomic E-state index is 12.7. The molecule has 4 saturated carbocycles. The summed E-state index contributed by atoms with van der Waals surface area (Å²) in [6.07, 6.45) is 23.1. The average Bonchev–Trinajstić information content (AvgIpc) is 3.25. The molecule has 4 aliphatic rings. The molecule has 1 amide bonds. The smallest absolute Gasteiger partial charge is 0.220 e. The Balaban J connectivity index is 0.00000420. The first kappa shape index (κ1) is 33.7. The molecule has 4 aliphatic carbocycles. The van der Waals surface area contributed by atoms with Crippen molar-refractivity contribution < 1.29 is 33.3 Å². The summed E-state index contributed by atoms with van der Waals surface area (Å²) in [5.74, 6) is 5.74. The van der Waals surface area contributed by atoms with E-state index in [1.54, 1.807) is 0 Å². The molecule has 8 atom stereocenters. The lowest BCUT2D eigenvalue weighted by molar-refractivity contribution is -0.890. The van der Waals surface area contributed by atoms with Gasteiger partial charge in [-0.05, 0) is 117 Å². The Morgan fingerprint density at radius 2 is 1.62 bits per heavy atom. The molecule has 0 aliphatic heterocycles. The average molecular weight is 657 g/mol. The normalized spacial score (nSPS) is 36.7. The minimum absolute atomic E-state index is 0. The molecule has 0 bridgehead atoms. The van der Waals surface area contributed by atoms with Crippen LogP contribution in [-0.4, -0.2) is 44.1 Å². The highest BCUT2D eigenvalue weighted by Crippen LogP contribution is 2.68. The van der Waals surface area contributed by atoms with Crippen LogP contribution >= 0.6 is 0 Å². The van der Waals surface area contributed by atoms with E-state index in [1.165, 1.54) is 96.4 Å². The van der Waals surface area contributed by atoms with Gasteiger partial charge in [0.05, 0.1) is 27.2 Å². The van der Waals surface area contributed by atoms with E-state index in [1.807, 2.05) is 0 Å². The van der Waals surface area contributed by atoms with Gasteiger partial charge in [0.15, 0.2) is 0 Å². The Morgan fingerprint density at radius 1 is 0.872 bits per heavy atom. The molecule has 1 N–H and O–H groups in total. The van der Waals surface area contributed by atoms with Gasteiger partial charge in [-0.1, -0.05) is 53.4 Å². The largest absolute Gasteiger partial charge is 1.00 e. The molecular weight excluding hydrogens is 591 g/mol. The number of amides is 1. The second-order valence-corrected chi connectivity index (χ2v) is 15.8. The van der Waals surface area contributed by atoms with Crippen molar-refractivity contribution in [2.45, 2.75) is 137 Å². The number of quaternary nitrogens is 1. The number of hydrogen-bond acceptors (Lipinski definition) is 1. The molecule has 4 fully saturated rings. The Morgan fingerprint density at radius 3 is 2.38 bits per heavy atom. The van der Waals surface area contributed by atoms with Gasteiger partial charge in [-0.3, -0.25) is 4.79 Å². The van der Waals surface area contributed by atoms with Crippen LogP contribution in [0.3, 0.4) is 0 Å². The maximum Gasteiger partial charge on any atom is 0.220 e. The van der Waals surface area contributed by atoms with Crippen LogP contribution in [0.4, 0.5) is 0 Å². The van der Waals surface area contributed by atoms with Crippen LogP contribution in [0.1, 0.15) is 137 Å². The number of rotatable bonds is 13. The molecule has 0 aromatic heterocycles. The van der Waals surface area contributed by atoms with Crippen molar-refractivity contribution >= 4 is 5.91 Å². The second-order valence-electron chi connectivity index (χ2n) is 15.8. The molecule has 3 nitrogen and oxygen atoms in total. The van der Waals surface area contributed by atoms with Crippen LogP contribution in [0.15, 0.2) is 0 Å². The summed E-state index contributed by atoms with van der Waals surface area (Å²) in [6, 6.07) is 0. The van der Waals surface area contributed by atoms with Gasteiger partial charge in [0.1, 0.15) is 0 Å². The molecule has 0 aromatic carbocycles. The van der Waals surface area contributed by atoms with E-state index in [0.717, 1.165) is 66.4 Å². The third kappa shape index (κ3) is 7.77. The van der Waals surface area contributed by atoms with Crippen molar-refractivity contribution in [3.8, 4) is 0 Å². The number of hydrogen-bond donors (Lipinski definition) is 1. The molecule has 39 heavy (non-hydrogen) atoms. The Kier molecular flexibility index (Phi) is 12.6. The predicted octanol–water partition coefficient (Wildman–Crippen LogP) is 5.62. The molecule has 228 valence electrons. The first-order chi connectivity index (χ1) is 18.1. The van der Waals surface area contributed by atoms with Gasteiger partial charge in [-0.15, -0.1) is 0 Å². The van der Waals surface area contributed by atoms with Crippen LogP contribution in [0.2, 0.25) is 0 Å². The van der Waals surface area contributed by atoms with E-state index < -0.39 is 0 Å². The molecule has 0 heterocycles. The summed E-state index contributed by atoms with van der Waals surface area (Å²) in [7, 11) is 4.69. The summed E-state index contributed by atoms with van der Waals surface area (Å²) in [5, 5.41) is 3.26. The van der Waals surface area contributed by atoms with Crippen molar-refractivity contribution in [3.05, 3.63) is 0 Å². The molecular formula is C35H65IN2O. The maximum atomic E-state index is 12.7. The van der Waals surface area contributed by atoms with Gasteiger partial charge >= 0.3 is 0 Å². The summed E-state index contributed by atoms with van der Waals surface area (Å²) in [4.78, 5) is 12.7. The lowest BCUT2D eigenvalue weighted by Crippen LogP contribution is -3.00. The number of unbranched alkanes of at least 4 members (excludes halogenated alkanes) is 3. The third-order valence-corrected chi connectivity index (χ3v) is 13.0. The molecule has 0 aromatic rings. The second kappa shape index (κ2) is 14.6. The van der Waals surface area contributed by atoms with E-state index in [9.17, 15) is 4.79 Å². The van der Waals surface area contributed by atoms with Gasteiger partial charge in [0.2, 0.25) is 5.91 Å². The quantitative estimate of drug-likeness (QED) is 0.156. The van der Waals surface area contributed by atoms with Gasteiger partial charge in [-0.2, -0.15) is 0 Å². The van der Waals surface area contributed by atoms with E-state index in [0.29, 0.717) is 16.7 Å². The molecule has 4 rings (SSSR count). The Labute approximate surface area is 260 Å². The minimum atomic E-state index is 0. The highest BCUT2D eigenvalue weighted by Gasteiger charge is 2.60. The molecule has 0 radical (unpaired) electrons. The Hall–Kier alpha value is 0.160. The molecule has 4 heteroatoms. The number of fused-ring (bicyclic) bond motifs is 5. The van der Waals surface area contributed by atoms with Crippen molar-refractivity contribution in [2.24, 2.45) is 46.3 Å². The van der Waals surface area contributed by atoms with Crippen LogP contribution in [0.25, 0.3) is 0 Å². The van der Waals surface area contributed by atoms with Crippen LogP contribution < -0.4 is 29.3 Å². The number of nitrogens with zero attached hydrogens (tertiary/aromatic N) is 1. The fraction of sp³-hybridized carbons (Fsp3) is 0.971. The van der Waals surface area contributed by atoms with Crippen molar-refractivity contribution in [1.82, 2.24) is 5.32 Å². The summed E-state index contributed by atoms with van der Waals surface area (Å²) in [5.41, 5.74) is 1.17. The Bertz CT molecular complexity index is 770. The van der Waals surface area contributed by atoms with Crippen LogP contribution in [-0.2, 0) is 4.79 Å². The number of nitrogens with one attached hydrogen (secondary N) is 1. The van der Waals surface area contributed by atoms with E-state index >= 15 is 0 Å². The number of carbonyl (C=O) groups is 1. The zero-order valence-electron chi connectivity index (χ0n) is 26.8. The number of halogens is 1. The van der Waals surface area contributed by atoms with Crippen molar-refractivity contribution in [2.75, 3.05) is 33.7 Å². The number of carbonyl (C=O) groups excluding carboxylic acids is 1. The highest BCUT2D eigenvalue weighted by atomic mass is 127. The first-order valence-electron chi connectivity index (χ1n) is 17.2. The highest BCUT2D eigenvalue weighted by molar-refractivity contribution is 5.75. The fourth-order valence-corrected chi connectivity index (χ4v) is 10.7. The van der Waals surface area contributed by atoms with Gasteiger partial charge in [0, 0.05) is 19.4 Å². The lowest BCUT2D eigenvalue weighted by Gasteiger charge is -2.61. The summed E-state index contributed by atoms with van der Waals surface area (Å²) < 4.78 is 1.08. The van der Waals surface area contributed by atoms with E-state index in [4.69, 9.17) is 0 Å². The minimum Gasteiger partial charge on any atom is -1.00 e. The lowest BCUT2D eigenvalue weighted by atomic mass is 9.44. The molecule has 2 unspecified atom stereocenters. The third-order valence-electron chi connectivity index (χ3n) is 13.0. The zero-order valence-corrected chi connectivity index (χ0v) is 29.0. The van der Waals surface area contributed by atoms with Gasteiger partial charge < -0.3 is 33.8 Å². The van der Waals surface area contributed by atoms with Crippen molar-refractivity contribution in [3.63, 3.8) is 0 Å². The molecule has 0 spiro atoms. The molecule has 0 saturated heterocycles. The zero-order chi connectivity index (χ0) is 27.4. The van der Waals surface area contributed by atoms with Gasteiger partial charge in [-0.25, -0.2) is 0 Å². The standard InChI is InChI=1S/C35H64N2O.HI/c1-7-8-9-12-25-37(5,6)26-13-24-36-33(38)20-15-27(2)30-18-19-31-29-17-16-28-14-10-11-22-34(28,3)32(29)21-23-35(30,31)4;/h27-32H,7-26H2,1-6H3;1H/t27?,28?,29-,30+,31-,32-,34-,35+;/m0./s1. The predicted molar refractivity (Wildman–Crippen MR) is 162 cm³/mol. The monoisotopic (exact) mass is 656 g/mol. The van der Waals surface area contributed by atoms with Crippen molar-refractivity contribution in [1.29, 1.82) is 0 Å². The SMILES string of the molecule is CCCCCC[N+](C)(C)CCCNC(=O)CCC(C)[C@H]1CC[C@H]2[C@@H]3CCC4CCCC[C@]4(C)[C@H]3CC[C@]12C.[I-]. The van der Waals surface area contributed by atoms with Gasteiger partial charge in [0.25, 0.3) is 0 Å². The summed E-state index contributed by atoms with van der Waals surface area (Å²) >= 11 is 0. The van der Waals surface area contributed by atoms with Crippen LogP contribution in [0, 0.1) is 46.3 Å². The fourth-order valence-electron chi connectivity index (χ4n) is 10.7. The van der Waals surface area contributed by atoms with E-state index in [-0.39, 0.29) is 29.9 Å². The van der Waals surface area contributed by atoms with Crippen LogP contribution in [0.5, 0.6) is 0 Å². The topological polar surface area (TPSA) is 29.1 Å². The van der Waals surface area contributed by atoms with E-state index in [2.05, 4.69) is 47.1 Å². The first-order valence-corrected chi connectivity index (χ1v) is 17.2.